The molecule has 5 rings (SSSR count). The predicted molar refractivity (Wildman–Crippen MR) is 138 cm³/mol. The lowest BCUT2D eigenvalue weighted by atomic mass is 9.86. The van der Waals surface area contributed by atoms with E-state index in [0.29, 0.717) is 16.9 Å². The molecule has 2 heterocycles. The van der Waals surface area contributed by atoms with Crippen LogP contribution in [0.25, 0.3) is 5.57 Å². The van der Waals surface area contributed by atoms with Gasteiger partial charge in [-0.3, -0.25) is 9.69 Å². The fraction of sp³-hybridized carbons (Fsp3) is 0.276. The Morgan fingerprint density at radius 2 is 1.77 bits per heavy atom. The van der Waals surface area contributed by atoms with Gasteiger partial charge in [-0.1, -0.05) is 42.5 Å². The lowest BCUT2D eigenvalue weighted by Crippen LogP contribution is -2.29. The molecule has 0 radical (unpaired) electrons. The summed E-state index contributed by atoms with van der Waals surface area (Å²) in [7, 11) is 3.51. The molecule has 6 heteroatoms. The van der Waals surface area contributed by atoms with Crippen molar-refractivity contribution in [3.8, 4) is 11.5 Å². The first kappa shape index (κ1) is 23.0. The van der Waals surface area contributed by atoms with Crippen LogP contribution in [0.1, 0.15) is 41.1 Å². The molecule has 0 aliphatic carbocycles. The van der Waals surface area contributed by atoms with E-state index < -0.39 is 0 Å². The van der Waals surface area contributed by atoms with E-state index in [1.807, 2.05) is 54.5 Å². The van der Waals surface area contributed by atoms with Gasteiger partial charge in [-0.2, -0.15) is 0 Å². The lowest BCUT2D eigenvalue weighted by molar-refractivity contribution is -0.111. The number of hydrogen-bond donors (Lipinski definition) is 2. The molecule has 0 aromatic heterocycles. The molecule has 1 fully saturated rings. The number of aromatic hydroxyl groups is 1. The highest BCUT2D eigenvalue weighted by atomic mass is 16.5. The molecule has 2 aliphatic rings. The number of carbonyl (C=O) groups is 1. The average Bonchev–Trinajstić information content (AvgIpc) is 3.38. The van der Waals surface area contributed by atoms with Crippen LogP contribution in [0.15, 0.2) is 72.9 Å². The highest BCUT2D eigenvalue weighted by Gasteiger charge is 2.31. The number of anilines is 1. The second kappa shape index (κ2) is 9.84. The molecule has 3 aromatic rings. The Kier molecular flexibility index (Phi) is 6.47. The first-order valence-electron chi connectivity index (χ1n) is 12.1. The van der Waals surface area contributed by atoms with Crippen molar-refractivity contribution in [1.29, 1.82) is 0 Å². The van der Waals surface area contributed by atoms with Crippen molar-refractivity contribution in [2.45, 2.75) is 25.4 Å². The van der Waals surface area contributed by atoms with E-state index in [1.54, 1.807) is 6.07 Å². The summed E-state index contributed by atoms with van der Waals surface area (Å²) < 4.78 is 5.42. The van der Waals surface area contributed by atoms with E-state index in [2.05, 4.69) is 34.5 Å². The van der Waals surface area contributed by atoms with Crippen molar-refractivity contribution in [2.75, 3.05) is 32.6 Å². The topological polar surface area (TPSA) is 65.0 Å². The molecule has 1 unspecified atom stereocenters. The fourth-order valence-corrected chi connectivity index (χ4v) is 5.09. The number of carbonyl (C=O) groups excluding carboxylic acids is 1. The van der Waals surface area contributed by atoms with Crippen LogP contribution in [0.3, 0.4) is 0 Å². The number of amides is 1. The first-order chi connectivity index (χ1) is 17.0. The van der Waals surface area contributed by atoms with Crippen molar-refractivity contribution >= 4 is 17.2 Å². The van der Waals surface area contributed by atoms with Crippen LogP contribution < -0.4 is 10.1 Å². The lowest BCUT2D eigenvalue weighted by Gasteiger charge is -2.35. The molecular formula is C29H31N3O3. The number of phenols is 1. The maximum absolute atomic E-state index is 13.3. The molecule has 3 aromatic carbocycles. The summed E-state index contributed by atoms with van der Waals surface area (Å²) >= 11 is 0. The minimum atomic E-state index is -0.228. The van der Waals surface area contributed by atoms with E-state index in [4.69, 9.17) is 4.74 Å². The fourth-order valence-electron chi connectivity index (χ4n) is 5.09. The summed E-state index contributed by atoms with van der Waals surface area (Å²) in [6.45, 7) is 3.31. The van der Waals surface area contributed by atoms with Crippen LogP contribution in [0.2, 0.25) is 0 Å². The third-order valence-corrected chi connectivity index (χ3v) is 6.85. The molecule has 0 saturated carbocycles. The van der Waals surface area contributed by atoms with Gasteiger partial charge < -0.3 is 20.1 Å². The summed E-state index contributed by atoms with van der Waals surface area (Å²) in [4.78, 5) is 17.8. The van der Waals surface area contributed by atoms with Gasteiger partial charge in [0, 0.05) is 25.5 Å². The van der Waals surface area contributed by atoms with Crippen LogP contribution in [0, 0.1) is 0 Å². The van der Waals surface area contributed by atoms with Crippen molar-refractivity contribution in [2.24, 2.45) is 0 Å². The van der Waals surface area contributed by atoms with Gasteiger partial charge in [-0.15, -0.1) is 0 Å². The zero-order valence-electron chi connectivity index (χ0n) is 20.2. The third-order valence-electron chi connectivity index (χ3n) is 6.85. The highest BCUT2D eigenvalue weighted by Crippen LogP contribution is 2.43. The molecule has 35 heavy (non-hydrogen) atoms. The second-order valence-corrected chi connectivity index (χ2v) is 9.27. The first-order valence-corrected chi connectivity index (χ1v) is 12.1. The zero-order chi connectivity index (χ0) is 24.4. The van der Waals surface area contributed by atoms with E-state index in [1.165, 1.54) is 38.6 Å². The maximum Gasteiger partial charge on any atom is 0.257 e. The Morgan fingerprint density at radius 3 is 2.46 bits per heavy atom. The molecule has 6 nitrogen and oxygen atoms in total. The number of nitrogens with zero attached hydrogens (tertiary/aromatic N) is 2. The molecule has 1 saturated heterocycles. The van der Waals surface area contributed by atoms with Crippen LogP contribution >= 0.6 is 0 Å². The molecule has 0 spiro atoms. The summed E-state index contributed by atoms with van der Waals surface area (Å²) in [5.74, 6) is 0.166. The summed E-state index contributed by atoms with van der Waals surface area (Å²) in [6, 6.07) is 21.4. The van der Waals surface area contributed by atoms with Gasteiger partial charge in [-0.05, 0) is 72.5 Å². The van der Waals surface area contributed by atoms with Gasteiger partial charge in [-0.25, -0.2) is 0 Å². The summed E-state index contributed by atoms with van der Waals surface area (Å²) in [5.41, 5.74) is 5.24. The van der Waals surface area contributed by atoms with Gasteiger partial charge in [0.05, 0.1) is 18.7 Å². The van der Waals surface area contributed by atoms with Gasteiger partial charge in [0.1, 0.15) is 0 Å². The molecule has 2 N–H and O–H groups in total. The zero-order valence-corrected chi connectivity index (χ0v) is 20.2. The number of hydrogen-bond acceptors (Lipinski definition) is 5. The monoisotopic (exact) mass is 469 g/mol. The van der Waals surface area contributed by atoms with Gasteiger partial charge in [0.25, 0.3) is 5.91 Å². The number of rotatable bonds is 6. The van der Waals surface area contributed by atoms with E-state index >= 15 is 0 Å². The molecule has 1 amide bonds. The molecular weight excluding hydrogens is 438 g/mol. The number of methoxy groups -OCH3 is 1. The number of likely N-dealkylation sites (tertiary alicyclic amines) is 1. The van der Waals surface area contributed by atoms with Crippen molar-refractivity contribution < 1.29 is 14.6 Å². The van der Waals surface area contributed by atoms with E-state index in [9.17, 15) is 9.90 Å². The molecule has 180 valence electrons. The molecule has 0 bridgehead atoms. The van der Waals surface area contributed by atoms with Gasteiger partial charge in [0.15, 0.2) is 11.5 Å². The smallest absolute Gasteiger partial charge is 0.257 e. The SMILES string of the molecule is COc1cc2c(cc1O)C(C(=O)Nc1ccccc1)=CN(C)C2c1ccc(CN2CCCC2)cc1. The molecule has 2 aliphatic heterocycles. The summed E-state index contributed by atoms with van der Waals surface area (Å²) in [6.07, 6.45) is 4.42. The Hall–Kier alpha value is -3.77. The minimum absolute atomic E-state index is 0.00826. The predicted octanol–water partition coefficient (Wildman–Crippen LogP) is 5.01. The van der Waals surface area contributed by atoms with Crippen molar-refractivity contribution in [3.05, 3.63) is 95.2 Å². The number of para-hydroxylation sites is 1. The quantitative estimate of drug-likeness (QED) is 0.531. The van der Waals surface area contributed by atoms with Gasteiger partial charge >= 0.3 is 0 Å². The maximum atomic E-state index is 13.3. The Morgan fingerprint density at radius 1 is 1.06 bits per heavy atom. The Labute approximate surface area is 206 Å². The number of phenolic OH excluding ortho intramolecular Hbond substituents is 1. The van der Waals surface area contributed by atoms with Crippen LogP contribution in [0.4, 0.5) is 5.69 Å². The Bertz CT molecular complexity index is 1230. The average molecular weight is 470 g/mol. The summed E-state index contributed by atoms with van der Waals surface area (Å²) in [5, 5.41) is 13.5. The van der Waals surface area contributed by atoms with Crippen LogP contribution in [-0.4, -0.2) is 48.1 Å². The van der Waals surface area contributed by atoms with Gasteiger partial charge in [0.2, 0.25) is 0 Å². The highest BCUT2D eigenvalue weighted by molar-refractivity contribution is 6.26. The minimum Gasteiger partial charge on any atom is -0.504 e. The van der Waals surface area contributed by atoms with Crippen molar-refractivity contribution in [1.82, 2.24) is 9.80 Å². The van der Waals surface area contributed by atoms with E-state index in [-0.39, 0.29) is 17.7 Å². The normalized spacial score (nSPS) is 17.6. The standard InChI is InChI=1S/C29H31N3O3/c1-31-19-25(29(34)30-22-8-4-3-5-9-22)23-16-26(33)27(35-2)17-24(23)28(31)21-12-10-20(11-13-21)18-32-14-6-7-15-32/h3-5,8-13,16-17,19,28,33H,6-7,14-15,18H2,1-2H3,(H,30,34). The Balaban J connectivity index is 1.49. The number of ether oxygens (including phenoxy) is 1. The number of fused-ring (bicyclic) bond motifs is 1. The van der Waals surface area contributed by atoms with Crippen molar-refractivity contribution in [3.63, 3.8) is 0 Å². The van der Waals surface area contributed by atoms with E-state index in [0.717, 1.165) is 23.4 Å². The van der Waals surface area contributed by atoms with Crippen LogP contribution in [-0.2, 0) is 11.3 Å². The largest absolute Gasteiger partial charge is 0.504 e. The second-order valence-electron chi connectivity index (χ2n) is 9.27. The molecule has 1 atom stereocenters. The van der Waals surface area contributed by atoms with Crippen LogP contribution in [0.5, 0.6) is 11.5 Å². The number of nitrogens with one attached hydrogen (secondary N) is 1. The number of benzene rings is 3. The third kappa shape index (κ3) is 4.75.